The normalized spacial score (nSPS) is 21.9. The fourth-order valence-electron chi connectivity index (χ4n) is 6.60. The van der Waals surface area contributed by atoms with Gasteiger partial charge in [0.05, 0.1) is 25.3 Å². The molecule has 6 heteroatoms. The molecule has 1 saturated carbocycles. The summed E-state index contributed by atoms with van der Waals surface area (Å²) in [5.41, 5.74) is 4.52. The Morgan fingerprint density at radius 2 is 1.86 bits per heavy atom. The quantitative estimate of drug-likeness (QED) is 0.606. The zero-order valence-corrected chi connectivity index (χ0v) is 20.7. The average molecular weight is 474 g/mol. The summed E-state index contributed by atoms with van der Waals surface area (Å²) >= 11 is 0. The highest BCUT2D eigenvalue weighted by molar-refractivity contribution is 5.94. The largest absolute Gasteiger partial charge is 0.497 e. The molecule has 2 aliphatic heterocycles. The third-order valence-electron chi connectivity index (χ3n) is 8.64. The number of ether oxygens (including phenoxy) is 1. The van der Waals surface area contributed by atoms with E-state index in [1.807, 2.05) is 35.2 Å². The first-order valence-corrected chi connectivity index (χ1v) is 12.9. The van der Waals surface area contributed by atoms with Gasteiger partial charge in [0.2, 0.25) is 0 Å². The van der Waals surface area contributed by atoms with Crippen molar-refractivity contribution < 1.29 is 14.6 Å². The van der Waals surface area contributed by atoms with Crippen LogP contribution in [0.5, 0.6) is 5.75 Å². The summed E-state index contributed by atoms with van der Waals surface area (Å²) in [4.78, 5) is 17.8. The Morgan fingerprint density at radius 1 is 1.11 bits per heavy atom. The number of likely N-dealkylation sites (tertiary alicyclic amines) is 1. The number of aryl methyl sites for hydroxylation is 1. The van der Waals surface area contributed by atoms with E-state index in [0.29, 0.717) is 0 Å². The van der Waals surface area contributed by atoms with Gasteiger partial charge in [0.25, 0.3) is 5.91 Å². The lowest BCUT2D eigenvalue weighted by Crippen LogP contribution is -2.55. The number of fused-ring (bicyclic) bond motifs is 4. The van der Waals surface area contributed by atoms with Crippen LogP contribution in [0, 0.1) is 5.92 Å². The van der Waals surface area contributed by atoms with E-state index in [-0.39, 0.29) is 24.0 Å². The van der Waals surface area contributed by atoms with E-state index < -0.39 is 0 Å². The van der Waals surface area contributed by atoms with Crippen LogP contribution in [-0.2, 0) is 12.5 Å². The number of carbonyl (C=O) groups is 1. The second kappa shape index (κ2) is 8.68. The number of hydrogen-bond acceptors (Lipinski definition) is 4. The molecule has 1 spiro atoms. The molecule has 1 atom stereocenters. The number of aliphatic hydroxyl groups is 1. The molecule has 6 rings (SSSR count). The summed E-state index contributed by atoms with van der Waals surface area (Å²) in [5.74, 6) is 1.72. The summed E-state index contributed by atoms with van der Waals surface area (Å²) in [6.45, 7) is 3.61. The first-order chi connectivity index (χ1) is 17.0. The number of nitrogens with zero attached hydrogens (tertiary/aromatic N) is 3. The van der Waals surface area contributed by atoms with Crippen LogP contribution in [0.15, 0.2) is 48.5 Å². The van der Waals surface area contributed by atoms with Crippen LogP contribution < -0.4 is 4.74 Å². The maximum absolute atomic E-state index is 13.2. The molecule has 0 radical (unpaired) electrons. The van der Waals surface area contributed by atoms with Gasteiger partial charge in [0.15, 0.2) is 0 Å². The maximum Gasteiger partial charge on any atom is 0.253 e. The lowest BCUT2D eigenvalue weighted by atomic mass is 9.68. The summed E-state index contributed by atoms with van der Waals surface area (Å²) in [6.07, 6.45) is 4.45. The standard InChI is InChI=1S/C29H35N3O3/c1-30-24-16-22(35-2)10-11-23(24)26-27(30)25(18-33)32(17-20-8-9-20)19-29(26)12-14-31(15-13-29)28(34)21-6-4-3-5-7-21/h3-7,10-11,16,20,25,33H,8-9,12-15,17-19H2,1-2H3/t25-/m0/s1. The zero-order chi connectivity index (χ0) is 24.2. The van der Waals surface area contributed by atoms with Crippen LogP contribution in [0.1, 0.15) is 53.3 Å². The SMILES string of the molecule is COc1ccc2c3c(n(C)c2c1)[C@H](CO)N(CC1CC1)CC31CCN(C(=O)c2ccccc2)CC1. The molecular weight excluding hydrogens is 438 g/mol. The molecule has 3 heterocycles. The zero-order valence-electron chi connectivity index (χ0n) is 20.7. The van der Waals surface area contributed by atoms with Crippen LogP contribution in [0.3, 0.4) is 0 Å². The van der Waals surface area contributed by atoms with Gasteiger partial charge in [0, 0.05) is 61.4 Å². The first-order valence-electron chi connectivity index (χ1n) is 12.9. The molecule has 1 aliphatic carbocycles. The summed E-state index contributed by atoms with van der Waals surface area (Å²) in [7, 11) is 3.84. The lowest BCUT2D eigenvalue weighted by molar-refractivity contribution is 0.0390. The minimum absolute atomic E-state index is 0.00333. The van der Waals surface area contributed by atoms with Crippen molar-refractivity contribution >= 4 is 16.8 Å². The summed E-state index contributed by atoms with van der Waals surface area (Å²) in [5, 5.41) is 11.8. The predicted molar refractivity (Wildman–Crippen MR) is 137 cm³/mol. The number of aromatic nitrogens is 1. The van der Waals surface area contributed by atoms with Crippen LogP contribution in [-0.4, -0.2) is 65.3 Å². The molecule has 0 bridgehead atoms. The Hall–Kier alpha value is -2.83. The number of benzene rings is 2. The minimum Gasteiger partial charge on any atom is -0.497 e. The highest BCUT2D eigenvalue weighted by atomic mass is 16.5. The number of hydrogen-bond donors (Lipinski definition) is 1. The van der Waals surface area contributed by atoms with Gasteiger partial charge in [0.1, 0.15) is 5.75 Å². The van der Waals surface area contributed by atoms with Crippen LogP contribution in [0.25, 0.3) is 10.9 Å². The molecule has 1 aromatic heterocycles. The fraction of sp³-hybridized carbons (Fsp3) is 0.483. The Kier molecular flexibility index (Phi) is 5.61. The predicted octanol–water partition coefficient (Wildman–Crippen LogP) is 4.12. The van der Waals surface area contributed by atoms with E-state index in [1.165, 1.54) is 29.5 Å². The van der Waals surface area contributed by atoms with Gasteiger partial charge in [-0.2, -0.15) is 0 Å². The van der Waals surface area contributed by atoms with Crippen molar-refractivity contribution in [3.05, 3.63) is 65.4 Å². The Morgan fingerprint density at radius 3 is 2.51 bits per heavy atom. The van der Waals surface area contributed by atoms with Crippen molar-refractivity contribution in [1.29, 1.82) is 0 Å². The number of carbonyl (C=O) groups excluding carboxylic acids is 1. The molecule has 1 amide bonds. The van der Waals surface area contributed by atoms with Crippen LogP contribution in [0.4, 0.5) is 0 Å². The molecule has 35 heavy (non-hydrogen) atoms. The number of aliphatic hydroxyl groups excluding tert-OH is 1. The molecule has 2 aromatic carbocycles. The van der Waals surface area contributed by atoms with E-state index in [4.69, 9.17) is 4.74 Å². The van der Waals surface area contributed by atoms with Gasteiger partial charge in [-0.1, -0.05) is 18.2 Å². The van der Waals surface area contributed by atoms with E-state index in [0.717, 1.165) is 61.8 Å². The van der Waals surface area contributed by atoms with Crippen molar-refractivity contribution in [2.75, 3.05) is 39.9 Å². The maximum atomic E-state index is 13.2. The molecule has 3 aromatic rings. The highest BCUT2D eigenvalue weighted by Crippen LogP contribution is 2.51. The number of rotatable bonds is 5. The van der Waals surface area contributed by atoms with Gasteiger partial charge in [-0.15, -0.1) is 0 Å². The van der Waals surface area contributed by atoms with Crippen molar-refractivity contribution in [3.8, 4) is 5.75 Å². The van der Waals surface area contributed by atoms with E-state index in [1.54, 1.807) is 7.11 Å². The highest BCUT2D eigenvalue weighted by Gasteiger charge is 2.49. The number of methoxy groups -OCH3 is 1. The second-order valence-electron chi connectivity index (χ2n) is 10.7. The Labute approximate surface area is 207 Å². The molecule has 6 nitrogen and oxygen atoms in total. The minimum atomic E-state index is -0.0303. The topological polar surface area (TPSA) is 57.9 Å². The summed E-state index contributed by atoms with van der Waals surface area (Å²) in [6, 6.07) is 16.0. The molecule has 0 unspecified atom stereocenters. The van der Waals surface area contributed by atoms with E-state index in [2.05, 4.69) is 34.7 Å². The molecule has 184 valence electrons. The molecular formula is C29H35N3O3. The monoisotopic (exact) mass is 473 g/mol. The second-order valence-corrected chi connectivity index (χ2v) is 10.7. The molecule has 3 aliphatic rings. The molecule has 2 fully saturated rings. The van der Waals surface area contributed by atoms with Crippen molar-refractivity contribution in [1.82, 2.24) is 14.4 Å². The Balaban J connectivity index is 1.41. The fourth-order valence-corrected chi connectivity index (χ4v) is 6.60. The first kappa shape index (κ1) is 22.6. The smallest absolute Gasteiger partial charge is 0.253 e. The van der Waals surface area contributed by atoms with Gasteiger partial charge in [-0.25, -0.2) is 0 Å². The molecule has 1 N–H and O–H groups in total. The Bertz CT molecular complexity index is 1240. The summed E-state index contributed by atoms with van der Waals surface area (Å²) < 4.78 is 7.83. The van der Waals surface area contributed by atoms with E-state index in [9.17, 15) is 9.90 Å². The number of piperidine rings is 1. The lowest BCUT2D eigenvalue weighted by Gasteiger charge is -2.50. The van der Waals surface area contributed by atoms with Gasteiger partial charge in [-0.05, 0) is 61.4 Å². The van der Waals surface area contributed by atoms with Crippen molar-refractivity contribution in [2.45, 2.75) is 37.1 Å². The van der Waals surface area contributed by atoms with Crippen molar-refractivity contribution in [2.24, 2.45) is 13.0 Å². The van der Waals surface area contributed by atoms with Crippen LogP contribution in [0.2, 0.25) is 0 Å². The van der Waals surface area contributed by atoms with Gasteiger partial charge >= 0.3 is 0 Å². The van der Waals surface area contributed by atoms with Gasteiger partial charge in [-0.3, -0.25) is 9.69 Å². The third kappa shape index (κ3) is 3.74. The average Bonchev–Trinajstić information content (AvgIpc) is 3.67. The van der Waals surface area contributed by atoms with E-state index >= 15 is 0 Å². The molecule has 1 saturated heterocycles. The van der Waals surface area contributed by atoms with Gasteiger partial charge < -0.3 is 19.3 Å². The van der Waals surface area contributed by atoms with Crippen molar-refractivity contribution in [3.63, 3.8) is 0 Å². The van der Waals surface area contributed by atoms with Crippen LogP contribution >= 0.6 is 0 Å². The third-order valence-corrected chi connectivity index (χ3v) is 8.64. The number of amides is 1.